The first kappa shape index (κ1) is 7.56. The Morgan fingerprint density at radius 3 is 2.71 bits per heavy atom. The number of aryl methyl sites for hydroxylation is 1. The molecule has 0 spiro atoms. The van der Waals surface area contributed by atoms with Crippen LogP contribution in [0.2, 0.25) is 0 Å². The minimum absolute atomic E-state index is 0.948. The van der Waals surface area contributed by atoms with Crippen molar-refractivity contribution >= 4 is 21.9 Å². The van der Waals surface area contributed by atoms with Gasteiger partial charge in [-0.05, 0) is 6.07 Å². The summed E-state index contributed by atoms with van der Waals surface area (Å²) in [5.41, 5.74) is 1.90. The molecule has 0 N–H and O–H groups in total. The maximum atomic E-state index is 5.69. The first-order valence-corrected chi connectivity index (χ1v) is 4.61. The van der Waals surface area contributed by atoms with Crippen molar-refractivity contribution in [2.24, 2.45) is 7.05 Å². The van der Waals surface area contributed by atoms with Crippen LogP contribution in [0.25, 0.3) is 21.9 Å². The van der Waals surface area contributed by atoms with Gasteiger partial charge in [0.05, 0.1) is 5.39 Å². The molecule has 0 unspecified atom stereocenters. The second-order valence-corrected chi connectivity index (χ2v) is 3.49. The van der Waals surface area contributed by atoms with Crippen LogP contribution in [0, 0.1) is 0 Å². The van der Waals surface area contributed by atoms with Crippen LogP contribution >= 0.6 is 0 Å². The van der Waals surface area contributed by atoms with E-state index in [0.717, 1.165) is 11.2 Å². The van der Waals surface area contributed by atoms with Crippen molar-refractivity contribution in [3.8, 4) is 0 Å². The van der Waals surface area contributed by atoms with Crippen LogP contribution in [0.1, 0.15) is 0 Å². The normalized spacial score (nSPS) is 11.2. The van der Waals surface area contributed by atoms with Gasteiger partial charge in [-0.15, -0.1) is 0 Å². The second-order valence-electron chi connectivity index (χ2n) is 3.49. The summed E-state index contributed by atoms with van der Waals surface area (Å²) in [5, 5.41) is 2.35. The zero-order valence-corrected chi connectivity index (χ0v) is 7.90. The molecule has 0 aliphatic heterocycles. The lowest BCUT2D eigenvalue weighted by molar-refractivity contribution is -0.670. The first-order chi connectivity index (χ1) is 6.84. The molecule has 0 aliphatic carbocycles. The number of hydrogen-bond acceptors (Lipinski definition) is 1. The maximum absolute atomic E-state index is 5.69. The summed E-state index contributed by atoms with van der Waals surface area (Å²) in [4.78, 5) is 0. The predicted molar refractivity (Wildman–Crippen MR) is 54.9 cm³/mol. The molecule has 2 nitrogen and oxygen atoms in total. The van der Waals surface area contributed by atoms with Crippen molar-refractivity contribution < 1.29 is 8.98 Å². The van der Waals surface area contributed by atoms with Crippen LogP contribution in [0.15, 0.2) is 47.1 Å². The zero-order valence-electron chi connectivity index (χ0n) is 7.90. The van der Waals surface area contributed by atoms with Crippen molar-refractivity contribution in [2.75, 3.05) is 0 Å². The number of fused-ring (bicyclic) bond motifs is 3. The molecule has 3 rings (SSSR count). The van der Waals surface area contributed by atoms with Gasteiger partial charge in [0.2, 0.25) is 0 Å². The van der Waals surface area contributed by atoms with Crippen LogP contribution < -0.4 is 4.57 Å². The van der Waals surface area contributed by atoms with Gasteiger partial charge >= 0.3 is 0 Å². The standard InChI is InChI=1S/C12H10NO/c1-13-7-6-12-10(8-13)9-4-2-3-5-11(9)14-12/h2-8H,1H3/q+1. The van der Waals surface area contributed by atoms with E-state index in [9.17, 15) is 0 Å². The molecule has 2 heterocycles. The SMILES string of the molecule is C[n+]1ccc2oc3ccccc3c2c1. The Labute approximate surface area is 81.4 Å². The van der Waals surface area contributed by atoms with Gasteiger partial charge in [0.15, 0.2) is 12.4 Å². The Balaban J connectivity index is 2.58. The number of benzene rings is 1. The summed E-state index contributed by atoms with van der Waals surface area (Å²) >= 11 is 0. The molecule has 0 amide bonds. The smallest absolute Gasteiger partial charge is 0.180 e. The quantitative estimate of drug-likeness (QED) is 0.490. The molecule has 0 bridgehead atoms. The van der Waals surface area contributed by atoms with Crippen LogP contribution in [0.4, 0.5) is 0 Å². The maximum Gasteiger partial charge on any atom is 0.180 e. The highest BCUT2D eigenvalue weighted by Gasteiger charge is 2.08. The average molecular weight is 184 g/mol. The number of aromatic nitrogens is 1. The summed E-state index contributed by atoms with van der Waals surface area (Å²) in [6, 6.07) is 10.1. The van der Waals surface area contributed by atoms with E-state index in [-0.39, 0.29) is 0 Å². The third-order valence-corrected chi connectivity index (χ3v) is 2.46. The molecule has 0 aliphatic rings. The zero-order chi connectivity index (χ0) is 9.54. The molecule has 2 heteroatoms. The number of para-hydroxylation sites is 1. The Hall–Kier alpha value is -1.83. The predicted octanol–water partition coefficient (Wildman–Crippen LogP) is 2.41. The summed E-state index contributed by atoms with van der Waals surface area (Å²) in [6.45, 7) is 0. The number of furan rings is 1. The minimum atomic E-state index is 0.948. The van der Waals surface area contributed by atoms with E-state index >= 15 is 0 Å². The molecule has 1 aromatic carbocycles. The summed E-state index contributed by atoms with van der Waals surface area (Å²) in [6.07, 6.45) is 4.08. The van der Waals surface area contributed by atoms with Gasteiger partial charge in [-0.2, -0.15) is 0 Å². The third kappa shape index (κ3) is 0.940. The number of nitrogens with zero attached hydrogens (tertiary/aromatic N) is 1. The van der Waals surface area contributed by atoms with E-state index in [4.69, 9.17) is 4.42 Å². The number of hydrogen-bond donors (Lipinski definition) is 0. The summed E-state index contributed by atoms with van der Waals surface area (Å²) in [5.74, 6) is 0. The molecule has 2 aromatic heterocycles. The van der Waals surface area contributed by atoms with E-state index in [0.29, 0.717) is 0 Å². The van der Waals surface area contributed by atoms with Crippen LogP contribution in [0.5, 0.6) is 0 Å². The molecule has 68 valence electrons. The molecular weight excluding hydrogens is 174 g/mol. The molecule has 0 radical (unpaired) electrons. The van der Waals surface area contributed by atoms with Crippen molar-refractivity contribution in [1.29, 1.82) is 0 Å². The van der Waals surface area contributed by atoms with E-state index in [1.807, 2.05) is 42.1 Å². The molecule has 14 heavy (non-hydrogen) atoms. The van der Waals surface area contributed by atoms with Gasteiger partial charge in [-0.25, -0.2) is 4.57 Å². The number of pyridine rings is 1. The third-order valence-electron chi connectivity index (χ3n) is 2.46. The van der Waals surface area contributed by atoms with Crippen LogP contribution in [-0.2, 0) is 7.05 Å². The van der Waals surface area contributed by atoms with Crippen LogP contribution in [0.3, 0.4) is 0 Å². The van der Waals surface area contributed by atoms with Gasteiger partial charge in [0.25, 0.3) is 0 Å². The highest BCUT2D eigenvalue weighted by atomic mass is 16.3. The van der Waals surface area contributed by atoms with Crippen molar-refractivity contribution in [3.63, 3.8) is 0 Å². The highest BCUT2D eigenvalue weighted by molar-refractivity contribution is 6.03. The van der Waals surface area contributed by atoms with Gasteiger partial charge in [-0.1, -0.05) is 18.2 Å². The topological polar surface area (TPSA) is 17.0 Å². The van der Waals surface area contributed by atoms with Crippen molar-refractivity contribution in [2.45, 2.75) is 0 Å². The monoisotopic (exact) mass is 184 g/mol. The molecule has 0 saturated carbocycles. The molecule has 3 aromatic rings. The molecule has 0 saturated heterocycles. The van der Waals surface area contributed by atoms with Crippen molar-refractivity contribution in [1.82, 2.24) is 0 Å². The lowest BCUT2D eigenvalue weighted by Crippen LogP contribution is -2.25. The van der Waals surface area contributed by atoms with Gasteiger partial charge in [-0.3, -0.25) is 0 Å². The minimum Gasteiger partial charge on any atom is -0.456 e. The van der Waals surface area contributed by atoms with Gasteiger partial charge in [0.1, 0.15) is 18.2 Å². The lowest BCUT2D eigenvalue weighted by Gasteiger charge is -1.86. The Bertz CT molecular complexity index is 610. The summed E-state index contributed by atoms with van der Waals surface area (Å²) < 4.78 is 7.73. The fourth-order valence-electron chi connectivity index (χ4n) is 1.77. The van der Waals surface area contributed by atoms with E-state index < -0.39 is 0 Å². The van der Waals surface area contributed by atoms with E-state index in [2.05, 4.69) is 12.3 Å². The fourth-order valence-corrected chi connectivity index (χ4v) is 1.77. The summed E-state index contributed by atoms with van der Waals surface area (Å²) in [7, 11) is 2.02. The van der Waals surface area contributed by atoms with E-state index in [1.54, 1.807) is 0 Å². The van der Waals surface area contributed by atoms with Crippen molar-refractivity contribution in [3.05, 3.63) is 42.7 Å². The highest BCUT2D eigenvalue weighted by Crippen LogP contribution is 2.26. The average Bonchev–Trinajstić information content (AvgIpc) is 2.56. The van der Waals surface area contributed by atoms with E-state index in [1.165, 1.54) is 10.8 Å². The Kier molecular flexibility index (Phi) is 1.39. The Morgan fingerprint density at radius 2 is 1.79 bits per heavy atom. The molecular formula is C12H10NO+. The van der Waals surface area contributed by atoms with Crippen LogP contribution in [-0.4, -0.2) is 0 Å². The molecule has 0 atom stereocenters. The lowest BCUT2D eigenvalue weighted by atomic mass is 10.2. The van der Waals surface area contributed by atoms with Gasteiger partial charge in [0, 0.05) is 11.5 Å². The van der Waals surface area contributed by atoms with Gasteiger partial charge < -0.3 is 4.42 Å². The first-order valence-electron chi connectivity index (χ1n) is 4.61. The second kappa shape index (κ2) is 2.58. The largest absolute Gasteiger partial charge is 0.456 e. The number of rotatable bonds is 0. The Morgan fingerprint density at radius 1 is 1.00 bits per heavy atom. The molecule has 0 fully saturated rings. The fraction of sp³-hybridized carbons (Fsp3) is 0.0833.